The molecule has 0 radical (unpaired) electrons. The predicted octanol–water partition coefficient (Wildman–Crippen LogP) is 0.556. The third kappa shape index (κ3) is 3.65. The van der Waals surface area contributed by atoms with E-state index in [-0.39, 0.29) is 17.4 Å². The third-order valence-electron chi connectivity index (χ3n) is 5.85. The minimum absolute atomic E-state index is 0.0857. The Morgan fingerprint density at radius 3 is 2.71 bits per heavy atom. The number of hydrogen-bond donors (Lipinski definition) is 2. The van der Waals surface area contributed by atoms with Gasteiger partial charge in [-0.05, 0) is 6.07 Å². The SMILES string of the molecule is CNC(=O)c1ncc(N2CCN(Cc3cc4c(cn3)OC3(CC3)C(=O)N4)CC2)c(F)n1. The largest absolute Gasteiger partial charge is 0.474 e. The number of fused-ring (bicyclic) bond motifs is 1. The van der Waals surface area contributed by atoms with Crippen molar-refractivity contribution in [3.05, 3.63) is 35.9 Å². The zero-order valence-electron chi connectivity index (χ0n) is 17.0. The average Bonchev–Trinajstić information content (AvgIpc) is 3.55. The number of nitrogens with one attached hydrogen (secondary N) is 2. The first kappa shape index (κ1) is 19.6. The zero-order chi connectivity index (χ0) is 21.6. The van der Waals surface area contributed by atoms with Crippen molar-refractivity contribution in [1.82, 2.24) is 25.2 Å². The van der Waals surface area contributed by atoms with Crippen LogP contribution in [0.25, 0.3) is 0 Å². The summed E-state index contributed by atoms with van der Waals surface area (Å²) in [6.45, 7) is 3.18. The molecule has 2 fully saturated rings. The van der Waals surface area contributed by atoms with Crippen LogP contribution in [0.15, 0.2) is 18.5 Å². The highest BCUT2D eigenvalue weighted by Crippen LogP contribution is 2.46. The van der Waals surface area contributed by atoms with Gasteiger partial charge in [-0.1, -0.05) is 0 Å². The highest BCUT2D eigenvalue weighted by Gasteiger charge is 2.55. The Balaban J connectivity index is 1.20. The minimum atomic E-state index is -0.706. The van der Waals surface area contributed by atoms with Gasteiger partial charge in [-0.25, -0.2) is 4.98 Å². The van der Waals surface area contributed by atoms with Crippen molar-refractivity contribution < 1.29 is 18.7 Å². The summed E-state index contributed by atoms with van der Waals surface area (Å²) >= 11 is 0. The number of anilines is 2. The second-order valence-corrected chi connectivity index (χ2v) is 7.93. The van der Waals surface area contributed by atoms with Crippen molar-refractivity contribution in [2.75, 3.05) is 43.4 Å². The lowest BCUT2D eigenvalue weighted by Gasteiger charge is -2.35. The maximum atomic E-state index is 14.4. The Morgan fingerprint density at radius 1 is 1.26 bits per heavy atom. The molecule has 1 spiro atoms. The number of aromatic nitrogens is 3. The maximum Gasteiger partial charge on any atom is 0.288 e. The molecular weight excluding hydrogens is 405 g/mol. The van der Waals surface area contributed by atoms with Crippen LogP contribution >= 0.6 is 0 Å². The molecule has 2 amide bonds. The highest BCUT2D eigenvalue weighted by atomic mass is 19.1. The first-order valence-corrected chi connectivity index (χ1v) is 10.2. The summed E-state index contributed by atoms with van der Waals surface area (Å²) in [4.78, 5) is 39.9. The fourth-order valence-electron chi connectivity index (χ4n) is 3.85. The van der Waals surface area contributed by atoms with Crippen molar-refractivity contribution in [3.8, 4) is 5.75 Å². The summed E-state index contributed by atoms with van der Waals surface area (Å²) in [5, 5.41) is 5.30. The Labute approximate surface area is 177 Å². The van der Waals surface area contributed by atoms with E-state index in [1.165, 1.54) is 13.2 Å². The van der Waals surface area contributed by atoms with Gasteiger partial charge in [0.1, 0.15) is 5.69 Å². The number of amides is 2. The standard InChI is InChI=1S/C20H22FN7O3/c1-22-18(29)17-24-9-14(16(21)26-17)28-6-4-27(5-7-28)11-12-8-13-15(10-23-12)31-20(2-3-20)19(30)25-13/h8-10H,2-7,11H2,1H3,(H,22,29)(H,25,30). The van der Waals surface area contributed by atoms with Crippen LogP contribution < -0.4 is 20.3 Å². The molecule has 1 aliphatic carbocycles. The summed E-state index contributed by atoms with van der Waals surface area (Å²) in [6, 6.07) is 1.85. The molecular formula is C20H22FN7O3. The fourth-order valence-corrected chi connectivity index (χ4v) is 3.85. The first-order chi connectivity index (χ1) is 15.0. The highest BCUT2D eigenvalue weighted by molar-refractivity contribution is 6.02. The molecule has 0 atom stereocenters. The molecule has 4 heterocycles. The van der Waals surface area contributed by atoms with Gasteiger partial charge < -0.3 is 20.3 Å². The van der Waals surface area contributed by atoms with Crippen LogP contribution in [0.2, 0.25) is 0 Å². The van der Waals surface area contributed by atoms with E-state index < -0.39 is 17.5 Å². The Bertz CT molecular complexity index is 1050. The molecule has 2 aromatic rings. The van der Waals surface area contributed by atoms with Crippen LogP contribution in [0.3, 0.4) is 0 Å². The van der Waals surface area contributed by atoms with Gasteiger partial charge in [-0.15, -0.1) is 0 Å². The molecule has 1 saturated heterocycles. The molecule has 31 heavy (non-hydrogen) atoms. The van der Waals surface area contributed by atoms with Gasteiger partial charge in [-0.2, -0.15) is 9.37 Å². The summed E-state index contributed by atoms with van der Waals surface area (Å²) in [6.07, 6.45) is 4.50. The van der Waals surface area contributed by atoms with Gasteiger partial charge in [0.2, 0.25) is 11.8 Å². The zero-order valence-corrected chi connectivity index (χ0v) is 17.0. The van der Waals surface area contributed by atoms with E-state index in [1.54, 1.807) is 6.20 Å². The number of carbonyl (C=O) groups is 2. The van der Waals surface area contributed by atoms with Crippen molar-refractivity contribution in [2.45, 2.75) is 25.0 Å². The lowest BCUT2D eigenvalue weighted by molar-refractivity contribution is -0.125. The van der Waals surface area contributed by atoms with Crippen LogP contribution in [0.5, 0.6) is 5.75 Å². The molecule has 11 heteroatoms. The Hall–Kier alpha value is -3.34. The average molecular weight is 427 g/mol. The van der Waals surface area contributed by atoms with Gasteiger partial charge in [-0.3, -0.25) is 19.5 Å². The second-order valence-electron chi connectivity index (χ2n) is 7.93. The molecule has 162 valence electrons. The van der Waals surface area contributed by atoms with E-state index in [0.717, 1.165) is 18.5 Å². The molecule has 0 aromatic carbocycles. The van der Waals surface area contributed by atoms with Gasteiger partial charge >= 0.3 is 0 Å². The summed E-state index contributed by atoms with van der Waals surface area (Å²) in [7, 11) is 1.44. The van der Waals surface area contributed by atoms with Gasteiger partial charge in [0, 0.05) is 52.6 Å². The monoisotopic (exact) mass is 427 g/mol. The smallest absolute Gasteiger partial charge is 0.288 e. The fraction of sp³-hybridized carbons (Fsp3) is 0.450. The van der Waals surface area contributed by atoms with E-state index in [1.807, 2.05) is 11.0 Å². The summed E-state index contributed by atoms with van der Waals surface area (Å²) in [5.41, 5.74) is 1.09. The van der Waals surface area contributed by atoms with Crippen LogP contribution in [0.4, 0.5) is 15.8 Å². The lowest BCUT2D eigenvalue weighted by atomic mass is 10.2. The van der Waals surface area contributed by atoms with Gasteiger partial charge in [0.15, 0.2) is 11.4 Å². The van der Waals surface area contributed by atoms with Crippen molar-refractivity contribution >= 4 is 23.2 Å². The number of rotatable bonds is 4. The molecule has 2 N–H and O–H groups in total. The number of hydrogen-bond acceptors (Lipinski definition) is 8. The van der Waals surface area contributed by atoms with E-state index >= 15 is 0 Å². The molecule has 10 nitrogen and oxygen atoms in total. The van der Waals surface area contributed by atoms with Crippen molar-refractivity contribution in [1.29, 1.82) is 0 Å². The summed E-state index contributed by atoms with van der Waals surface area (Å²) in [5.74, 6) is -0.896. The van der Waals surface area contributed by atoms with Crippen LogP contribution in [-0.4, -0.2) is 70.5 Å². The molecule has 0 unspecified atom stereocenters. The maximum absolute atomic E-state index is 14.4. The minimum Gasteiger partial charge on any atom is -0.474 e. The van der Waals surface area contributed by atoms with Gasteiger partial charge in [0.25, 0.3) is 11.8 Å². The summed E-state index contributed by atoms with van der Waals surface area (Å²) < 4.78 is 20.2. The predicted molar refractivity (Wildman–Crippen MR) is 108 cm³/mol. The van der Waals surface area contributed by atoms with Crippen molar-refractivity contribution in [2.24, 2.45) is 0 Å². The van der Waals surface area contributed by atoms with Gasteiger partial charge in [0.05, 0.1) is 23.8 Å². The molecule has 2 aromatic heterocycles. The quantitative estimate of drug-likeness (QED) is 0.681. The van der Waals surface area contributed by atoms with E-state index in [2.05, 4.69) is 30.5 Å². The normalized spacial score (nSPS) is 19.4. The number of nitrogens with zero attached hydrogens (tertiary/aromatic N) is 5. The van der Waals surface area contributed by atoms with E-state index in [4.69, 9.17) is 4.74 Å². The molecule has 3 aliphatic rings. The first-order valence-electron chi connectivity index (χ1n) is 10.2. The molecule has 5 rings (SSSR count). The number of ether oxygens (including phenoxy) is 1. The Morgan fingerprint density at radius 2 is 2.03 bits per heavy atom. The lowest BCUT2D eigenvalue weighted by Crippen LogP contribution is -2.46. The van der Waals surface area contributed by atoms with Crippen LogP contribution in [-0.2, 0) is 11.3 Å². The Kier molecular flexibility index (Phi) is 4.69. The van der Waals surface area contributed by atoms with E-state index in [9.17, 15) is 14.0 Å². The third-order valence-corrected chi connectivity index (χ3v) is 5.85. The van der Waals surface area contributed by atoms with Crippen LogP contribution in [0, 0.1) is 5.95 Å². The second kappa shape index (κ2) is 7.41. The molecule has 1 saturated carbocycles. The molecule has 2 aliphatic heterocycles. The number of pyridine rings is 1. The topological polar surface area (TPSA) is 113 Å². The number of halogens is 1. The molecule has 0 bridgehead atoms. The number of piperazine rings is 1. The van der Waals surface area contributed by atoms with Crippen LogP contribution in [0.1, 0.15) is 29.2 Å². The van der Waals surface area contributed by atoms with E-state index in [0.29, 0.717) is 44.2 Å². The van der Waals surface area contributed by atoms with Crippen molar-refractivity contribution in [3.63, 3.8) is 0 Å². The number of carbonyl (C=O) groups excluding carboxylic acids is 2.